The van der Waals surface area contributed by atoms with E-state index in [1.807, 2.05) is 0 Å². The number of ether oxygens (including phenoxy) is 3. The third kappa shape index (κ3) is 4.95. The minimum Gasteiger partial charge on any atom is -0.495 e. The van der Waals surface area contributed by atoms with E-state index in [0.29, 0.717) is 33.0 Å². The molecule has 0 radical (unpaired) electrons. The molecule has 0 aromatic heterocycles. The molecule has 1 aliphatic heterocycles. The molecule has 3 aromatic rings. The molecule has 34 heavy (non-hydrogen) atoms. The predicted octanol–water partition coefficient (Wildman–Crippen LogP) is 6.43. The fourth-order valence-electron chi connectivity index (χ4n) is 3.31. The summed E-state index contributed by atoms with van der Waals surface area (Å²) in [4.78, 5) is 27.1. The minimum atomic E-state index is -0.443. The monoisotopic (exact) mass is 543 g/mol. The van der Waals surface area contributed by atoms with E-state index in [-0.39, 0.29) is 17.3 Å². The largest absolute Gasteiger partial charge is 0.495 e. The van der Waals surface area contributed by atoms with E-state index in [1.54, 1.807) is 54.6 Å². The van der Waals surface area contributed by atoms with Gasteiger partial charge in [0.25, 0.3) is 11.1 Å². The number of carbonyl (C=O) groups excluding carboxylic acids is 2. The number of nitrogens with zero attached hydrogens (tertiary/aromatic N) is 1. The van der Waals surface area contributed by atoms with Crippen LogP contribution in [0.4, 0.5) is 14.9 Å². The predicted molar refractivity (Wildman–Crippen MR) is 133 cm³/mol. The second-order valence-corrected chi connectivity index (χ2v) is 8.98. The van der Waals surface area contributed by atoms with Crippen LogP contribution in [0.2, 0.25) is 0 Å². The second-order valence-electron chi connectivity index (χ2n) is 7.13. The van der Waals surface area contributed by atoms with E-state index in [1.165, 1.54) is 26.4 Å². The summed E-state index contributed by atoms with van der Waals surface area (Å²) in [6.45, 7) is 0.222. The highest BCUT2D eigenvalue weighted by Gasteiger charge is 2.37. The van der Waals surface area contributed by atoms with Gasteiger partial charge in [-0.25, -0.2) is 9.29 Å². The number of anilines is 1. The van der Waals surface area contributed by atoms with Crippen LogP contribution in [0.5, 0.6) is 17.2 Å². The lowest BCUT2D eigenvalue weighted by Gasteiger charge is -2.15. The quantitative estimate of drug-likeness (QED) is 0.320. The van der Waals surface area contributed by atoms with Crippen molar-refractivity contribution >= 4 is 50.6 Å². The summed E-state index contributed by atoms with van der Waals surface area (Å²) >= 11 is 4.35. The van der Waals surface area contributed by atoms with Crippen LogP contribution in [0.1, 0.15) is 11.1 Å². The molecule has 0 aliphatic carbocycles. The van der Waals surface area contributed by atoms with Crippen LogP contribution in [0.15, 0.2) is 70.0 Å². The fourth-order valence-corrected chi connectivity index (χ4v) is 4.57. The molecule has 0 unspecified atom stereocenters. The molecule has 0 saturated carbocycles. The Kier molecular flexibility index (Phi) is 7.23. The Morgan fingerprint density at radius 1 is 0.971 bits per heavy atom. The Morgan fingerprint density at radius 2 is 1.68 bits per heavy atom. The molecular formula is C25H19BrFNO5S. The van der Waals surface area contributed by atoms with Gasteiger partial charge in [-0.05, 0) is 65.4 Å². The van der Waals surface area contributed by atoms with E-state index in [2.05, 4.69) is 15.9 Å². The summed E-state index contributed by atoms with van der Waals surface area (Å²) in [5, 5.41) is -0.414. The first kappa shape index (κ1) is 23.8. The van der Waals surface area contributed by atoms with Gasteiger partial charge in [-0.2, -0.15) is 0 Å². The Bertz CT molecular complexity index is 1280. The number of methoxy groups -OCH3 is 2. The molecule has 9 heteroatoms. The molecule has 0 bridgehead atoms. The third-order valence-electron chi connectivity index (χ3n) is 5.00. The van der Waals surface area contributed by atoms with Crippen molar-refractivity contribution in [1.82, 2.24) is 0 Å². The summed E-state index contributed by atoms with van der Waals surface area (Å²) in [7, 11) is 2.99. The lowest BCUT2D eigenvalue weighted by Crippen LogP contribution is -2.28. The topological polar surface area (TPSA) is 65.1 Å². The lowest BCUT2D eigenvalue weighted by molar-refractivity contribution is -0.113. The van der Waals surface area contributed by atoms with E-state index in [0.717, 1.165) is 22.2 Å². The third-order valence-corrected chi connectivity index (χ3v) is 6.55. The molecular weight excluding hydrogens is 525 g/mol. The smallest absolute Gasteiger partial charge is 0.298 e. The van der Waals surface area contributed by atoms with Gasteiger partial charge in [0.1, 0.15) is 18.2 Å². The number of rotatable bonds is 7. The number of thioether (sulfide) groups is 1. The molecule has 0 spiro atoms. The van der Waals surface area contributed by atoms with Crippen molar-refractivity contribution < 1.29 is 28.2 Å². The maximum absolute atomic E-state index is 13.1. The summed E-state index contributed by atoms with van der Waals surface area (Å²) in [6.07, 6.45) is 1.62. The number of carbonyl (C=O) groups is 2. The molecule has 0 N–H and O–H groups in total. The standard InChI is InChI=1S/C25H19BrFNO5S/c1-31-20-6-4-3-5-19(20)28-24(29)23(34-25(28)30)12-16-11-21(32-2)22(13-18(16)26)33-14-15-7-9-17(27)10-8-15/h3-13H,14H2,1-2H3/b23-12-. The van der Waals surface area contributed by atoms with E-state index in [9.17, 15) is 14.0 Å². The van der Waals surface area contributed by atoms with Crippen LogP contribution < -0.4 is 19.1 Å². The fraction of sp³-hybridized carbons (Fsp3) is 0.120. The highest BCUT2D eigenvalue weighted by atomic mass is 79.9. The molecule has 6 nitrogen and oxygen atoms in total. The Balaban J connectivity index is 1.59. The van der Waals surface area contributed by atoms with Gasteiger partial charge in [0.2, 0.25) is 0 Å². The molecule has 1 heterocycles. The van der Waals surface area contributed by atoms with E-state index < -0.39 is 11.1 Å². The van der Waals surface area contributed by atoms with Gasteiger partial charge in [0.15, 0.2) is 11.5 Å². The van der Waals surface area contributed by atoms with Crippen LogP contribution >= 0.6 is 27.7 Å². The number of imide groups is 1. The van der Waals surface area contributed by atoms with Crippen molar-refractivity contribution in [2.75, 3.05) is 19.1 Å². The first-order valence-electron chi connectivity index (χ1n) is 10.1. The normalized spacial score (nSPS) is 14.6. The van der Waals surface area contributed by atoms with Crippen molar-refractivity contribution in [1.29, 1.82) is 0 Å². The molecule has 1 aliphatic rings. The van der Waals surface area contributed by atoms with Crippen LogP contribution in [0, 0.1) is 5.82 Å². The lowest BCUT2D eigenvalue weighted by atomic mass is 10.1. The van der Waals surface area contributed by atoms with Gasteiger partial charge >= 0.3 is 0 Å². The van der Waals surface area contributed by atoms with Crippen molar-refractivity contribution in [2.24, 2.45) is 0 Å². The average molecular weight is 544 g/mol. The zero-order valence-electron chi connectivity index (χ0n) is 18.2. The maximum Gasteiger partial charge on any atom is 0.298 e. The summed E-state index contributed by atoms with van der Waals surface area (Å²) in [5.41, 5.74) is 1.82. The van der Waals surface area contributed by atoms with Gasteiger partial charge in [-0.1, -0.05) is 40.2 Å². The van der Waals surface area contributed by atoms with Crippen molar-refractivity contribution in [3.05, 3.63) is 87.0 Å². The van der Waals surface area contributed by atoms with Crippen LogP contribution in [0.3, 0.4) is 0 Å². The molecule has 4 rings (SSSR count). The number of hydrogen-bond acceptors (Lipinski definition) is 6. The molecule has 2 amide bonds. The zero-order chi connectivity index (χ0) is 24.2. The highest BCUT2D eigenvalue weighted by Crippen LogP contribution is 2.41. The second kappa shape index (κ2) is 10.3. The molecule has 0 atom stereocenters. The maximum atomic E-state index is 13.1. The SMILES string of the molecule is COc1cc(/C=C2\SC(=O)N(c3ccccc3OC)C2=O)c(Br)cc1OCc1ccc(F)cc1. The molecule has 1 fully saturated rings. The Hall–Kier alpha value is -3.30. The molecule has 1 saturated heterocycles. The van der Waals surface area contributed by atoms with Gasteiger partial charge in [-0.3, -0.25) is 9.59 Å². The average Bonchev–Trinajstić information content (AvgIpc) is 3.12. The molecule has 174 valence electrons. The van der Waals surface area contributed by atoms with Crippen LogP contribution in [-0.2, 0) is 11.4 Å². The number of benzene rings is 3. The minimum absolute atomic E-state index is 0.222. The van der Waals surface area contributed by atoms with Crippen molar-refractivity contribution in [3.63, 3.8) is 0 Å². The number of amides is 2. The van der Waals surface area contributed by atoms with E-state index >= 15 is 0 Å². The summed E-state index contributed by atoms with van der Waals surface area (Å²) in [6, 6.07) is 16.3. The summed E-state index contributed by atoms with van der Waals surface area (Å²) < 4.78 is 30.4. The number of para-hydroxylation sites is 2. The van der Waals surface area contributed by atoms with E-state index in [4.69, 9.17) is 14.2 Å². The highest BCUT2D eigenvalue weighted by molar-refractivity contribution is 9.10. The van der Waals surface area contributed by atoms with Gasteiger partial charge in [0.05, 0.1) is 24.8 Å². The first-order chi connectivity index (χ1) is 16.4. The van der Waals surface area contributed by atoms with Gasteiger partial charge in [0, 0.05) is 4.47 Å². The number of hydrogen-bond donors (Lipinski definition) is 0. The zero-order valence-corrected chi connectivity index (χ0v) is 20.6. The number of halogens is 2. The van der Waals surface area contributed by atoms with Gasteiger partial charge in [-0.15, -0.1) is 0 Å². The molecule has 3 aromatic carbocycles. The Labute approximate surface area is 208 Å². The van der Waals surface area contributed by atoms with Crippen LogP contribution in [-0.4, -0.2) is 25.4 Å². The van der Waals surface area contributed by atoms with Gasteiger partial charge < -0.3 is 14.2 Å². The van der Waals surface area contributed by atoms with Crippen molar-refractivity contribution in [3.8, 4) is 17.2 Å². The van der Waals surface area contributed by atoms with Crippen molar-refractivity contribution in [2.45, 2.75) is 6.61 Å². The van der Waals surface area contributed by atoms with Crippen LogP contribution in [0.25, 0.3) is 6.08 Å². The summed E-state index contributed by atoms with van der Waals surface area (Å²) in [5.74, 6) is 0.584. The first-order valence-corrected chi connectivity index (χ1v) is 11.7. The Morgan fingerprint density at radius 3 is 2.38 bits per heavy atom.